The summed E-state index contributed by atoms with van der Waals surface area (Å²) in [5.74, 6) is -2.03. The fourth-order valence-corrected chi connectivity index (χ4v) is 1.56. The van der Waals surface area contributed by atoms with Gasteiger partial charge in [0.05, 0.1) is 13.7 Å². The molecule has 0 aliphatic carbocycles. The first kappa shape index (κ1) is 17.8. The molecule has 0 amide bonds. The molecule has 0 heterocycles. The first-order valence-corrected chi connectivity index (χ1v) is 6.42. The highest BCUT2D eigenvalue weighted by Gasteiger charge is 2.32. The first-order chi connectivity index (χ1) is 10.3. The van der Waals surface area contributed by atoms with E-state index in [1.54, 1.807) is 0 Å². The Bertz CT molecular complexity index is 513. The summed E-state index contributed by atoms with van der Waals surface area (Å²) < 4.78 is 49.9. The number of rotatable bonds is 8. The van der Waals surface area contributed by atoms with Crippen LogP contribution in [0.1, 0.15) is 19.3 Å². The molecular weight excluding hydrogens is 305 g/mol. The van der Waals surface area contributed by atoms with E-state index in [1.165, 1.54) is 18.2 Å². The van der Waals surface area contributed by atoms with Gasteiger partial charge in [-0.25, -0.2) is 4.79 Å². The number of methoxy groups -OCH3 is 1. The standard InChI is InChI=1S/C14H15F3O5/c1-20-13(19)10(18)6-4-5-9-21-11-7-2-3-8-12(11)22-14(15,16)17/h2-3,7-8H,4-6,9H2,1H3. The van der Waals surface area contributed by atoms with Crippen molar-refractivity contribution in [2.75, 3.05) is 13.7 Å². The molecule has 1 rings (SSSR count). The Hall–Kier alpha value is -2.25. The number of alkyl halides is 3. The van der Waals surface area contributed by atoms with Crippen LogP contribution in [0.25, 0.3) is 0 Å². The van der Waals surface area contributed by atoms with Crippen LogP contribution in [-0.2, 0) is 14.3 Å². The van der Waals surface area contributed by atoms with Gasteiger partial charge in [-0.3, -0.25) is 4.79 Å². The van der Waals surface area contributed by atoms with Gasteiger partial charge >= 0.3 is 12.3 Å². The summed E-state index contributed by atoms with van der Waals surface area (Å²) in [5, 5.41) is 0. The quantitative estimate of drug-likeness (QED) is 0.419. The van der Waals surface area contributed by atoms with Crippen LogP contribution < -0.4 is 9.47 Å². The van der Waals surface area contributed by atoms with Crippen molar-refractivity contribution < 1.29 is 37.0 Å². The zero-order chi connectivity index (χ0) is 16.6. The van der Waals surface area contributed by atoms with E-state index in [4.69, 9.17) is 4.74 Å². The molecule has 1 aromatic rings. The Kier molecular flexibility index (Phi) is 6.68. The lowest BCUT2D eigenvalue weighted by Gasteiger charge is -2.13. The third-order valence-electron chi connectivity index (χ3n) is 2.54. The van der Waals surface area contributed by atoms with Gasteiger partial charge in [-0.1, -0.05) is 12.1 Å². The third-order valence-corrected chi connectivity index (χ3v) is 2.54. The van der Waals surface area contributed by atoms with Crippen LogP contribution in [0.5, 0.6) is 11.5 Å². The van der Waals surface area contributed by atoms with Crippen molar-refractivity contribution >= 4 is 11.8 Å². The van der Waals surface area contributed by atoms with Crippen molar-refractivity contribution in [1.82, 2.24) is 0 Å². The Morgan fingerprint density at radius 2 is 1.73 bits per heavy atom. The Balaban J connectivity index is 2.39. The molecule has 0 spiro atoms. The summed E-state index contributed by atoms with van der Waals surface area (Å²) in [6, 6.07) is 5.40. The number of hydrogen-bond donors (Lipinski definition) is 0. The number of esters is 1. The molecule has 0 aliphatic rings. The highest BCUT2D eigenvalue weighted by atomic mass is 19.4. The van der Waals surface area contributed by atoms with Gasteiger partial charge in [-0.2, -0.15) is 0 Å². The van der Waals surface area contributed by atoms with Crippen molar-refractivity contribution in [1.29, 1.82) is 0 Å². The van der Waals surface area contributed by atoms with Crippen LogP contribution in [0.4, 0.5) is 13.2 Å². The maximum absolute atomic E-state index is 12.2. The summed E-state index contributed by atoms with van der Waals surface area (Å²) in [6.07, 6.45) is -4.05. The second kappa shape index (κ2) is 8.26. The number of para-hydroxylation sites is 2. The SMILES string of the molecule is COC(=O)C(=O)CCCCOc1ccccc1OC(F)(F)F. The lowest BCUT2D eigenvalue weighted by atomic mass is 10.2. The second-order valence-corrected chi connectivity index (χ2v) is 4.21. The van der Waals surface area contributed by atoms with Gasteiger partial charge < -0.3 is 14.2 Å². The minimum Gasteiger partial charge on any atom is -0.490 e. The van der Waals surface area contributed by atoms with Crippen LogP contribution >= 0.6 is 0 Å². The maximum atomic E-state index is 12.2. The summed E-state index contributed by atoms with van der Waals surface area (Å²) in [7, 11) is 1.11. The van der Waals surface area contributed by atoms with Crippen molar-refractivity contribution in [2.24, 2.45) is 0 Å². The highest BCUT2D eigenvalue weighted by Crippen LogP contribution is 2.31. The van der Waals surface area contributed by atoms with Crippen LogP contribution in [0.3, 0.4) is 0 Å². The second-order valence-electron chi connectivity index (χ2n) is 4.21. The largest absolute Gasteiger partial charge is 0.573 e. The molecule has 122 valence electrons. The van der Waals surface area contributed by atoms with Gasteiger partial charge in [0.15, 0.2) is 11.5 Å². The summed E-state index contributed by atoms with van der Waals surface area (Å²) in [5.41, 5.74) is 0. The van der Waals surface area contributed by atoms with Crippen LogP contribution in [0.15, 0.2) is 24.3 Å². The number of hydrogen-bond acceptors (Lipinski definition) is 5. The molecule has 0 radical (unpaired) electrons. The van der Waals surface area contributed by atoms with Gasteiger partial charge in [0.25, 0.3) is 0 Å². The normalized spacial score (nSPS) is 10.9. The van der Waals surface area contributed by atoms with Crippen molar-refractivity contribution in [3.05, 3.63) is 24.3 Å². The number of carbonyl (C=O) groups is 2. The lowest BCUT2D eigenvalue weighted by Crippen LogP contribution is -2.18. The molecule has 0 saturated carbocycles. The van der Waals surface area contributed by atoms with Gasteiger partial charge in [-0.05, 0) is 25.0 Å². The Morgan fingerprint density at radius 3 is 2.32 bits per heavy atom. The molecule has 0 fully saturated rings. The topological polar surface area (TPSA) is 61.8 Å². The predicted octanol–water partition coefficient (Wildman–Crippen LogP) is 2.88. The third kappa shape index (κ3) is 6.47. The fourth-order valence-electron chi connectivity index (χ4n) is 1.56. The summed E-state index contributed by atoms with van der Waals surface area (Å²) in [6.45, 7) is 0.0900. The monoisotopic (exact) mass is 320 g/mol. The van der Waals surface area contributed by atoms with Gasteiger partial charge in [-0.15, -0.1) is 13.2 Å². The van der Waals surface area contributed by atoms with E-state index in [-0.39, 0.29) is 18.8 Å². The number of benzene rings is 1. The molecule has 0 atom stereocenters. The van der Waals surface area contributed by atoms with E-state index in [1.807, 2.05) is 0 Å². The molecule has 1 aromatic carbocycles. The molecule has 0 bridgehead atoms. The molecule has 0 saturated heterocycles. The Morgan fingerprint density at radius 1 is 1.09 bits per heavy atom. The number of halogens is 3. The molecule has 0 aliphatic heterocycles. The average molecular weight is 320 g/mol. The lowest BCUT2D eigenvalue weighted by molar-refractivity contribution is -0.275. The number of unbranched alkanes of at least 4 members (excludes halogenated alkanes) is 1. The zero-order valence-electron chi connectivity index (χ0n) is 11.8. The predicted molar refractivity (Wildman–Crippen MR) is 69.5 cm³/mol. The van der Waals surface area contributed by atoms with Crippen LogP contribution in [0.2, 0.25) is 0 Å². The van der Waals surface area contributed by atoms with E-state index in [0.29, 0.717) is 12.8 Å². The number of ether oxygens (including phenoxy) is 3. The Labute approximate surface area is 125 Å². The molecule has 0 N–H and O–H groups in total. The zero-order valence-corrected chi connectivity index (χ0v) is 11.8. The van der Waals surface area contributed by atoms with Gasteiger partial charge in [0, 0.05) is 6.42 Å². The van der Waals surface area contributed by atoms with E-state index in [9.17, 15) is 22.8 Å². The number of ketones is 1. The molecule has 5 nitrogen and oxygen atoms in total. The van der Waals surface area contributed by atoms with Gasteiger partial charge in [0.1, 0.15) is 0 Å². The van der Waals surface area contributed by atoms with Crippen LogP contribution in [-0.4, -0.2) is 31.8 Å². The maximum Gasteiger partial charge on any atom is 0.573 e. The minimum atomic E-state index is -4.80. The molecule has 0 unspecified atom stereocenters. The van der Waals surface area contributed by atoms with Gasteiger partial charge in [0.2, 0.25) is 5.78 Å². The number of carbonyl (C=O) groups excluding carboxylic acids is 2. The fraction of sp³-hybridized carbons (Fsp3) is 0.429. The average Bonchev–Trinajstić information content (AvgIpc) is 2.45. The van der Waals surface area contributed by atoms with E-state index >= 15 is 0 Å². The summed E-state index contributed by atoms with van der Waals surface area (Å²) in [4.78, 5) is 22.0. The highest BCUT2D eigenvalue weighted by molar-refractivity contribution is 6.33. The van der Waals surface area contributed by atoms with E-state index in [2.05, 4.69) is 9.47 Å². The molecule has 8 heteroatoms. The number of Topliss-reactive ketones (excluding diaryl/α,β-unsaturated/α-hetero) is 1. The first-order valence-electron chi connectivity index (χ1n) is 6.42. The van der Waals surface area contributed by atoms with Crippen molar-refractivity contribution in [3.63, 3.8) is 0 Å². The summed E-state index contributed by atoms with van der Waals surface area (Å²) >= 11 is 0. The minimum absolute atomic E-state index is 0.00324. The van der Waals surface area contributed by atoms with Crippen LogP contribution in [0, 0.1) is 0 Å². The molecule has 0 aromatic heterocycles. The molecular formula is C14H15F3O5. The van der Waals surface area contributed by atoms with Crippen molar-refractivity contribution in [2.45, 2.75) is 25.6 Å². The molecule has 22 heavy (non-hydrogen) atoms. The smallest absolute Gasteiger partial charge is 0.490 e. The van der Waals surface area contributed by atoms with E-state index < -0.39 is 23.9 Å². The van der Waals surface area contributed by atoms with Crippen molar-refractivity contribution in [3.8, 4) is 11.5 Å². The van der Waals surface area contributed by atoms with E-state index in [0.717, 1.165) is 13.2 Å².